The normalized spacial score (nSPS) is 11.6. The van der Waals surface area contributed by atoms with Crippen molar-refractivity contribution < 1.29 is 32.3 Å². The number of primary amides is 1. The van der Waals surface area contributed by atoms with Crippen LogP contribution in [0.25, 0.3) is 0 Å². The highest BCUT2D eigenvalue weighted by Crippen LogP contribution is 2.34. The summed E-state index contributed by atoms with van der Waals surface area (Å²) >= 11 is 0.725. The molecule has 12 heteroatoms. The number of carbonyl (C=O) groups is 3. The average Bonchev–Trinajstić information content (AvgIpc) is 3.07. The Bertz CT molecular complexity index is 947. The van der Waals surface area contributed by atoms with Gasteiger partial charge in [-0.3, -0.25) is 14.3 Å². The van der Waals surface area contributed by atoms with Gasteiger partial charge < -0.3 is 15.8 Å². The van der Waals surface area contributed by atoms with Crippen LogP contribution in [0.5, 0.6) is 0 Å². The van der Waals surface area contributed by atoms with Gasteiger partial charge >= 0.3 is 12.1 Å². The second kappa shape index (κ2) is 7.62. The lowest BCUT2D eigenvalue weighted by atomic mass is 10.1. The first kappa shape index (κ1) is 21.4. The number of ether oxygens (including phenoxy) is 1. The van der Waals surface area contributed by atoms with Crippen LogP contribution in [0.3, 0.4) is 0 Å². The number of nitrogens with one attached hydrogen (secondary N) is 1. The molecule has 0 spiro atoms. The van der Waals surface area contributed by atoms with Gasteiger partial charge in [0.1, 0.15) is 10.7 Å². The first-order chi connectivity index (χ1) is 12.8. The Labute approximate surface area is 161 Å². The summed E-state index contributed by atoms with van der Waals surface area (Å²) in [7, 11) is 1.05. The van der Waals surface area contributed by atoms with Crippen LogP contribution in [0, 0.1) is 6.92 Å². The van der Waals surface area contributed by atoms with Gasteiger partial charge in [-0.1, -0.05) is 0 Å². The lowest BCUT2D eigenvalue weighted by Gasteiger charge is -2.10. The predicted octanol–water partition coefficient (Wildman–Crippen LogP) is 2.73. The molecule has 2 aromatic rings. The predicted molar refractivity (Wildman–Crippen MR) is 94.3 cm³/mol. The molecular formula is C16H17F3N4O4S. The molecule has 0 aliphatic rings. The lowest BCUT2D eigenvalue weighted by Crippen LogP contribution is -2.17. The van der Waals surface area contributed by atoms with E-state index in [1.165, 1.54) is 6.92 Å². The van der Waals surface area contributed by atoms with E-state index < -0.39 is 41.5 Å². The van der Waals surface area contributed by atoms with Crippen molar-refractivity contribution in [1.82, 2.24) is 9.78 Å². The Kier molecular flexibility index (Phi) is 5.83. The number of anilines is 1. The third kappa shape index (κ3) is 4.32. The molecule has 0 saturated heterocycles. The van der Waals surface area contributed by atoms with Crippen molar-refractivity contribution in [3.63, 3.8) is 0 Å². The number of aryl methyl sites for hydroxylation is 1. The first-order valence-corrected chi connectivity index (χ1v) is 8.71. The summed E-state index contributed by atoms with van der Waals surface area (Å²) in [6.07, 6.45) is -5.16. The van der Waals surface area contributed by atoms with E-state index in [0.717, 1.165) is 18.4 Å². The number of aromatic nitrogens is 2. The number of halogens is 3. The van der Waals surface area contributed by atoms with Gasteiger partial charge in [-0.15, -0.1) is 11.3 Å². The molecule has 2 aromatic heterocycles. The van der Waals surface area contributed by atoms with E-state index in [-0.39, 0.29) is 21.0 Å². The number of carbonyl (C=O) groups excluding carboxylic acids is 3. The van der Waals surface area contributed by atoms with Crippen LogP contribution < -0.4 is 11.1 Å². The maximum atomic E-state index is 12.9. The Balaban J connectivity index is 2.42. The summed E-state index contributed by atoms with van der Waals surface area (Å²) in [5.74, 6) is -2.61. The van der Waals surface area contributed by atoms with Crippen LogP contribution >= 0.6 is 11.3 Å². The molecule has 2 heterocycles. The van der Waals surface area contributed by atoms with Gasteiger partial charge in [-0.05, 0) is 26.3 Å². The molecule has 2 amide bonds. The van der Waals surface area contributed by atoms with Crippen molar-refractivity contribution in [2.24, 2.45) is 12.8 Å². The van der Waals surface area contributed by atoms with Crippen molar-refractivity contribution in [2.45, 2.75) is 33.1 Å². The number of nitrogens with zero attached hydrogens (tertiary/aromatic N) is 2. The van der Waals surface area contributed by atoms with Crippen molar-refractivity contribution in [1.29, 1.82) is 0 Å². The highest BCUT2D eigenvalue weighted by Gasteiger charge is 2.36. The number of thiophene rings is 1. The summed E-state index contributed by atoms with van der Waals surface area (Å²) in [6, 6.07) is 0.580. The molecule has 0 radical (unpaired) electrons. The third-order valence-corrected chi connectivity index (χ3v) is 4.77. The van der Waals surface area contributed by atoms with E-state index in [2.05, 4.69) is 10.4 Å². The molecule has 0 aliphatic carbocycles. The van der Waals surface area contributed by atoms with Crippen LogP contribution in [0.1, 0.15) is 55.6 Å². The van der Waals surface area contributed by atoms with E-state index in [1.807, 2.05) is 0 Å². The molecule has 0 aromatic carbocycles. The fourth-order valence-electron chi connectivity index (χ4n) is 2.37. The third-order valence-electron chi connectivity index (χ3n) is 3.55. The Morgan fingerprint density at radius 3 is 2.39 bits per heavy atom. The van der Waals surface area contributed by atoms with E-state index in [4.69, 9.17) is 10.5 Å². The molecule has 0 aliphatic heterocycles. The van der Waals surface area contributed by atoms with Crippen LogP contribution in [0.4, 0.5) is 18.2 Å². The van der Waals surface area contributed by atoms with Crippen LogP contribution in [0.15, 0.2) is 6.07 Å². The standard InChI is InChI=1S/C16H17F3N4O4S/c1-6(2)27-15(26)10-7(3)11(12(20)24)28-14(10)21-13(25)8-5-9(16(17,18)19)23(4)22-8/h5-6H,1-4H3,(H2,20,24)(H,21,25). The Hall–Kier alpha value is -2.89. The summed E-state index contributed by atoms with van der Waals surface area (Å²) in [4.78, 5) is 36.3. The number of esters is 1. The summed E-state index contributed by atoms with van der Waals surface area (Å²) in [5, 5.41) is 5.79. The zero-order valence-electron chi connectivity index (χ0n) is 15.3. The van der Waals surface area contributed by atoms with E-state index in [0.29, 0.717) is 10.7 Å². The molecule has 0 bridgehead atoms. The number of amides is 2. The van der Waals surface area contributed by atoms with Crippen molar-refractivity contribution in [3.8, 4) is 0 Å². The molecule has 28 heavy (non-hydrogen) atoms. The molecule has 0 atom stereocenters. The lowest BCUT2D eigenvalue weighted by molar-refractivity contribution is -0.143. The minimum absolute atomic E-state index is 0.0167. The zero-order chi connectivity index (χ0) is 21.4. The van der Waals surface area contributed by atoms with Gasteiger partial charge in [0, 0.05) is 13.1 Å². The molecule has 3 N–H and O–H groups in total. The fourth-order valence-corrected chi connectivity index (χ4v) is 3.41. The zero-order valence-corrected chi connectivity index (χ0v) is 16.1. The van der Waals surface area contributed by atoms with Gasteiger partial charge in [0.05, 0.1) is 16.5 Å². The topological polar surface area (TPSA) is 116 Å². The number of hydrogen-bond donors (Lipinski definition) is 2. The number of alkyl halides is 3. The molecule has 0 fully saturated rings. The highest BCUT2D eigenvalue weighted by molar-refractivity contribution is 7.18. The fraction of sp³-hybridized carbons (Fsp3) is 0.375. The van der Waals surface area contributed by atoms with E-state index >= 15 is 0 Å². The summed E-state index contributed by atoms with van der Waals surface area (Å²) in [6.45, 7) is 4.67. The van der Waals surface area contributed by atoms with Crippen LogP contribution in [-0.4, -0.2) is 33.7 Å². The molecule has 152 valence electrons. The quantitative estimate of drug-likeness (QED) is 0.725. The minimum atomic E-state index is -4.69. The Morgan fingerprint density at radius 2 is 1.93 bits per heavy atom. The van der Waals surface area contributed by atoms with Crippen LogP contribution in [0.2, 0.25) is 0 Å². The Morgan fingerprint density at radius 1 is 1.32 bits per heavy atom. The van der Waals surface area contributed by atoms with E-state index in [9.17, 15) is 27.6 Å². The first-order valence-electron chi connectivity index (χ1n) is 7.89. The van der Waals surface area contributed by atoms with Gasteiger partial charge in [-0.25, -0.2) is 4.79 Å². The minimum Gasteiger partial charge on any atom is -0.459 e. The molecule has 8 nitrogen and oxygen atoms in total. The average molecular weight is 418 g/mol. The maximum Gasteiger partial charge on any atom is 0.433 e. The van der Waals surface area contributed by atoms with Gasteiger partial charge in [0.25, 0.3) is 11.8 Å². The molecule has 0 unspecified atom stereocenters. The van der Waals surface area contributed by atoms with Gasteiger partial charge in [0.15, 0.2) is 5.69 Å². The van der Waals surface area contributed by atoms with Crippen LogP contribution in [-0.2, 0) is 18.0 Å². The molecular weight excluding hydrogens is 401 g/mol. The second-order valence-electron chi connectivity index (χ2n) is 6.07. The SMILES string of the molecule is Cc1c(C(N)=O)sc(NC(=O)c2cc(C(F)(F)F)n(C)n2)c1C(=O)OC(C)C. The molecule has 2 rings (SSSR count). The maximum absolute atomic E-state index is 12.9. The smallest absolute Gasteiger partial charge is 0.433 e. The van der Waals surface area contributed by atoms with Gasteiger partial charge in [-0.2, -0.15) is 18.3 Å². The molecule has 0 saturated carbocycles. The monoisotopic (exact) mass is 418 g/mol. The van der Waals surface area contributed by atoms with Gasteiger partial charge in [0.2, 0.25) is 0 Å². The number of nitrogens with two attached hydrogens (primary N) is 1. The summed E-state index contributed by atoms with van der Waals surface area (Å²) in [5.41, 5.74) is 3.77. The van der Waals surface area contributed by atoms with E-state index in [1.54, 1.807) is 13.8 Å². The number of rotatable bonds is 5. The second-order valence-corrected chi connectivity index (χ2v) is 7.09. The van der Waals surface area contributed by atoms with Crippen molar-refractivity contribution in [3.05, 3.63) is 33.5 Å². The van der Waals surface area contributed by atoms with Crippen molar-refractivity contribution >= 4 is 34.1 Å². The highest BCUT2D eigenvalue weighted by atomic mass is 32.1. The summed E-state index contributed by atoms with van der Waals surface area (Å²) < 4.78 is 44.3. The van der Waals surface area contributed by atoms with Crippen molar-refractivity contribution in [2.75, 3.05) is 5.32 Å². The largest absolute Gasteiger partial charge is 0.459 e. The number of hydrogen-bond acceptors (Lipinski definition) is 6.